The molecule has 70 heavy (non-hydrogen) atoms. The summed E-state index contributed by atoms with van der Waals surface area (Å²) in [5.41, 5.74) is 0.178. The van der Waals surface area contributed by atoms with Crippen molar-refractivity contribution in [2.45, 2.75) is 109 Å². The van der Waals surface area contributed by atoms with Crippen LogP contribution in [0.4, 0.5) is 10.5 Å². The van der Waals surface area contributed by atoms with Gasteiger partial charge in [0, 0.05) is 52.3 Å². The average Bonchev–Trinajstić information content (AvgIpc) is 3.81. The fraction of sp³-hybridized carbons (Fsp3) is 0.520. The average molecular weight is 968 g/mol. The summed E-state index contributed by atoms with van der Waals surface area (Å²) in [6.07, 6.45) is 6.96. The monoisotopic (exact) mass is 968 g/mol. The number of benzene rings is 2. The van der Waals surface area contributed by atoms with Crippen LogP contribution in [0, 0.1) is 17.3 Å². The minimum absolute atomic E-state index is 0.0366. The quantitative estimate of drug-likeness (QED) is 0.0918. The summed E-state index contributed by atoms with van der Waals surface area (Å²) in [4.78, 5) is 123. The third-order valence-corrected chi connectivity index (χ3v) is 12.8. The summed E-state index contributed by atoms with van der Waals surface area (Å²) in [7, 11) is 4.60. The lowest BCUT2D eigenvalue weighted by atomic mass is 9.82. The Morgan fingerprint density at radius 1 is 0.800 bits per heavy atom. The maximum atomic E-state index is 14.9. The number of hydrogen-bond acceptors (Lipinski definition) is 11. The zero-order valence-electron chi connectivity index (χ0n) is 41.1. The summed E-state index contributed by atoms with van der Waals surface area (Å²) in [6.45, 7) is 6.30. The van der Waals surface area contributed by atoms with Crippen molar-refractivity contribution < 1.29 is 43.5 Å². The van der Waals surface area contributed by atoms with E-state index in [4.69, 9.17) is 0 Å². The van der Waals surface area contributed by atoms with Crippen LogP contribution < -0.4 is 31.9 Å². The van der Waals surface area contributed by atoms with Gasteiger partial charge in [0.05, 0.1) is 30.7 Å². The number of aliphatic hydroxyl groups excluding tert-OH is 1. The fourth-order valence-electron chi connectivity index (χ4n) is 8.84. The van der Waals surface area contributed by atoms with E-state index >= 15 is 0 Å². The van der Waals surface area contributed by atoms with Crippen molar-refractivity contribution in [1.82, 2.24) is 51.3 Å². The van der Waals surface area contributed by atoms with Crippen LogP contribution in [0.2, 0.25) is 0 Å². The SMILES string of the molecule is CCC[C@H](NC(=O)[C@@H]1CN(C(=O)Nc2ccccc2)C[C@@H]1N(C)C(=O)[C@@H](NC(=O)[C@@H](NC(=O)c1cnccn1)C1CCCCC1)C(C)(C)C)C(O)C(=O)NCC(=O)N[C@H](C(=O)N(C)C)c1ccccc1. The minimum atomic E-state index is -1.83. The van der Waals surface area contributed by atoms with E-state index in [9.17, 15) is 43.5 Å². The zero-order chi connectivity index (χ0) is 51.1. The molecule has 1 aliphatic carbocycles. The normalized spacial score (nSPS) is 18.1. The van der Waals surface area contributed by atoms with Gasteiger partial charge >= 0.3 is 6.03 Å². The van der Waals surface area contributed by atoms with Gasteiger partial charge in [-0.05, 0) is 48.3 Å². The van der Waals surface area contributed by atoms with Gasteiger partial charge in [-0.2, -0.15) is 0 Å². The first kappa shape index (κ1) is 54.0. The third-order valence-electron chi connectivity index (χ3n) is 12.8. The number of likely N-dealkylation sites (tertiary alicyclic amines) is 1. The number of urea groups is 1. The van der Waals surface area contributed by atoms with Crippen LogP contribution in [-0.4, -0.2) is 148 Å². The highest BCUT2D eigenvalue weighted by Crippen LogP contribution is 2.30. The molecule has 5 rings (SSSR count). The number of nitrogens with one attached hydrogen (secondary N) is 6. The Bertz CT molecular complexity index is 2270. The van der Waals surface area contributed by atoms with Crippen molar-refractivity contribution in [1.29, 1.82) is 0 Å². The van der Waals surface area contributed by atoms with Gasteiger partial charge in [0.25, 0.3) is 11.8 Å². The molecular formula is C50H69N11O9. The van der Waals surface area contributed by atoms with Gasteiger partial charge in [0.15, 0.2) is 6.10 Å². The van der Waals surface area contributed by atoms with Crippen molar-refractivity contribution in [2.24, 2.45) is 17.3 Å². The maximum absolute atomic E-state index is 14.9. The lowest BCUT2D eigenvalue weighted by molar-refractivity contribution is -0.142. The molecule has 7 N–H and O–H groups in total. The van der Waals surface area contributed by atoms with Crippen molar-refractivity contribution >= 4 is 53.1 Å². The number of anilines is 1. The van der Waals surface area contributed by atoms with Crippen LogP contribution in [0.3, 0.4) is 0 Å². The van der Waals surface area contributed by atoms with E-state index in [1.165, 1.54) is 40.3 Å². The Morgan fingerprint density at radius 3 is 2.06 bits per heavy atom. The predicted molar refractivity (Wildman–Crippen MR) is 260 cm³/mol. The van der Waals surface area contributed by atoms with E-state index in [-0.39, 0.29) is 31.1 Å². The second-order valence-electron chi connectivity index (χ2n) is 19.3. The fourth-order valence-corrected chi connectivity index (χ4v) is 8.84. The zero-order valence-corrected chi connectivity index (χ0v) is 41.1. The van der Waals surface area contributed by atoms with Gasteiger partial charge in [-0.15, -0.1) is 0 Å². The number of hydrogen-bond donors (Lipinski definition) is 7. The molecule has 0 radical (unpaired) electrons. The number of aromatic nitrogens is 2. The Morgan fingerprint density at radius 2 is 1.46 bits per heavy atom. The van der Waals surface area contributed by atoms with E-state index in [1.54, 1.807) is 102 Å². The minimum Gasteiger partial charge on any atom is -0.381 e. The molecule has 1 unspecified atom stereocenters. The van der Waals surface area contributed by atoms with Crippen LogP contribution in [0.15, 0.2) is 79.3 Å². The number of amides is 9. The molecular weight excluding hydrogens is 899 g/mol. The summed E-state index contributed by atoms with van der Waals surface area (Å²) >= 11 is 0. The van der Waals surface area contributed by atoms with Crippen LogP contribution in [0.5, 0.6) is 0 Å². The van der Waals surface area contributed by atoms with E-state index in [0.29, 0.717) is 30.5 Å². The molecule has 2 heterocycles. The number of carbonyl (C=O) groups is 8. The van der Waals surface area contributed by atoms with E-state index in [2.05, 4.69) is 41.9 Å². The number of carbonyl (C=O) groups excluding carboxylic acids is 8. The first-order valence-electron chi connectivity index (χ1n) is 23.9. The summed E-state index contributed by atoms with van der Waals surface area (Å²) in [5, 5.41) is 27.9. The first-order valence-corrected chi connectivity index (χ1v) is 23.9. The molecule has 7 atom stereocenters. The Labute approximate surface area is 409 Å². The molecule has 20 nitrogen and oxygen atoms in total. The topological polar surface area (TPSA) is 264 Å². The Kier molecular flexibility index (Phi) is 19.3. The molecule has 1 aliphatic heterocycles. The van der Waals surface area contributed by atoms with E-state index < -0.39 is 102 Å². The van der Waals surface area contributed by atoms with E-state index in [0.717, 1.165) is 19.3 Å². The van der Waals surface area contributed by atoms with Crippen molar-refractivity contribution in [3.05, 3.63) is 90.5 Å². The highest BCUT2D eigenvalue weighted by atomic mass is 16.3. The van der Waals surface area contributed by atoms with Gasteiger partial charge in [-0.25, -0.2) is 9.78 Å². The molecule has 1 saturated heterocycles. The van der Waals surface area contributed by atoms with Crippen LogP contribution in [0.25, 0.3) is 0 Å². The van der Waals surface area contributed by atoms with Gasteiger partial charge in [0.2, 0.25) is 29.5 Å². The predicted octanol–water partition coefficient (Wildman–Crippen LogP) is 2.38. The molecule has 2 fully saturated rings. The van der Waals surface area contributed by atoms with Crippen molar-refractivity contribution in [3.63, 3.8) is 0 Å². The molecule has 2 aromatic carbocycles. The van der Waals surface area contributed by atoms with Gasteiger partial charge in [0.1, 0.15) is 23.8 Å². The molecule has 1 saturated carbocycles. The van der Waals surface area contributed by atoms with Gasteiger partial charge in [-0.3, -0.25) is 38.5 Å². The second kappa shape index (κ2) is 25.1. The molecule has 3 aromatic rings. The maximum Gasteiger partial charge on any atom is 0.321 e. The first-order chi connectivity index (χ1) is 33.3. The van der Waals surface area contributed by atoms with Crippen molar-refractivity contribution in [3.8, 4) is 0 Å². The molecule has 20 heteroatoms. The lowest BCUT2D eigenvalue weighted by Gasteiger charge is -2.38. The summed E-state index contributed by atoms with van der Waals surface area (Å²) in [6, 6.07) is 11.5. The molecule has 1 aromatic heterocycles. The Hall–Kier alpha value is -6.96. The lowest BCUT2D eigenvalue weighted by Crippen LogP contribution is -2.61. The van der Waals surface area contributed by atoms with Crippen LogP contribution in [-0.2, 0) is 28.8 Å². The van der Waals surface area contributed by atoms with Gasteiger partial charge in [-0.1, -0.05) is 102 Å². The third kappa shape index (κ3) is 14.5. The van der Waals surface area contributed by atoms with Crippen LogP contribution in [0.1, 0.15) is 94.7 Å². The molecule has 378 valence electrons. The molecule has 2 aliphatic rings. The number of aliphatic hydroxyl groups is 1. The number of nitrogens with zero attached hydrogens (tertiary/aromatic N) is 5. The van der Waals surface area contributed by atoms with Gasteiger partial charge < -0.3 is 51.7 Å². The van der Waals surface area contributed by atoms with Crippen molar-refractivity contribution in [2.75, 3.05) is 46.1 Å². The Balaban J connectivity index is 1.34. The smallest absolute Gasteiger partial charge is 0.321 e. The molecule has 0 bridgehead atoms. The number of likely N-dealkylation sites (N-methyl/N-ethyl adjacent to an activating group) is 2. The highest BCUT2D eigenvalue weighted by molar-refractivity contribution is 5.98. The highest BCUT2D eigenvalue weighted by Gasteiger charge is 2.47. The van der Waals surface area contributed by atoms with E-state index in [1.807, 2.05) is 0 Å². The standard InChI is InChI=1S/C50H69N11O9/c1-8-18-35(41(63)46(67)53-28-38(62)56-40(47(68)59(5)6)32-21-14-10-15-22-32)55-43(64)34-29-61(49(70)54-33-23-16-11-17-24-33)30-37(34)60(7)48(69)42(50(2,3)4)58-45(66)39(31-19-12-9-13-20-31)57-44(65)36-27-51-25-26-52-36/h10-11,14-17,21-27,31,34-35,37,39-42,63H,8-9,12-13,18-20,28-30H2,1-7H3,(H,53,67)(H,54,70)(H,55,64)(H,56,62)(H,57,65)(H,58,66)/t34-,35+,37+,39+,40+,41?,42-/m1/s1. The molecule has 0 spiro atoms. The summed E-state index contributed by atoms with van der Waals surface area (Å²) in [5.74, 6) is -5.69. The number of para-hydroxylation sites is 1. The summed E-state index contributed by atoms with van der Waals surface area (Å²) < 4.78 is 0. The number of rotatable bonds is 19. The molecule has 9 amide bonds. The van der Waals surface area contributed by atoms with Crippen LogP contribution >= 0.6 is 0 Å². The largest absolute Gasteiger partial charge is 0.381 e. The second-order valence-corrected chi connectivity index (χ2v) is 19.3.